The lowest BCUT2D eigenvalue weighted by Crippen LogP contribution is -2.62. The van der Waals surface area contributed by atoms with Crippen molar-refractivity contribution in [3.05, 3.63) is 0 Å². The molecule has 1 aliphatic rings. The highest BCUT2D eigenvalue weighted by Gasteiger charge is 2.40. The minimum Gasteiger partial charge on any atom is -0.341 e. The third kappa shape index (κ3) is 9.35. The van der Waals surface area contributed by atoms with Gasteiger partial charge in [0.2, 0.25) is 17.8 Å². The number of hydrogen-bond donors (Lipinski definition) is 1. The van der Waals surface area contributed by atoms with Crippen LogP contribution in [0.5, 0.6) is 0 Å². The lowest BCUT2D eigenvalue weighted by Gasteiger charge is -2.49. The van der Waals surface area contributed by atoms with Crippen LogP contribution in [0.3, 0.4) is 0 Å². The molecular formula is C29H57N7. The van der Waals surface area contributed by atoms with Gasteiger partial charge in [0.1, 0.15) is 0 Å². The van der Waals surface area contributed by atoms with E-state index in [9.17, 15) is 0 Å². The average molecular weight is 504 g/mol. The van der Waals surface area contributed by atoms with Crippen molar-refractivity contribution in [3.63, 3.8) is 0 Å². The first-order valence-electron chi connectivity index (χ1n) is 14.8. The normalized spacial score (nSPS) is 17.2. The van der Waals surface area contributed by atoms with Gasteiger partial charge in [0.05, 0.1) is 0 Å². The maximum atomic E-state index is 5.14. The predicted octanol–water partition coefficient (Wildman–Crippen LogP) is 6.43. The molecule has 1 saturated heterocycles. The Labute approximate surface area is 222 Å². The molecule has 0 amide bonds. The fourth-order valence-electron chi connectivity index (χ4n) is 5.51. The van der Waals surface area contributed by atoms with Gasteiger partial charge in [0.25, 0.3) is 0 Å². The van der Waals surface area contributed by atoms with Crippen molar-refractivity contribution in [2.24, 2.45) is 0 Å². The quantitative estimate of drug-likeness (QED) is 0.279. The molecule has 1 aromatic rings. The van der Waals surface area contributed by atoms with E-state index in [-0.39, 0.29) is 11.1 Å². The Balaban J connectivity index is 2.51. The molecule has 2 heterocycles. The van der Waals surface area contributed by atoms with E-state index in [2.05, 4.69) is 82.5 Å². The van der Waals surface area contributed by atoms with Gasteiger partial charge in [-0.15, -0.1) is 0 Å². The highest BCUT2D eigenvalue weighted by atomic mass is 15.4. The van der Waals surface area contributed by atoms with Crippen LogP contribution in [0.15, 0.2) is 0 Å². The Morgan fingerprint density at radius 3 is 1.31 bits per heavy atom. The van der Waals surface area contributed by atoms with Crippen molar-refractivity contribution in [3.8, 4) is 0 Å². The minimum atomic E-state index is 0.0714. The van der Waals surface area contributed by atoms with E-state index in [0.29, 0.717) is 6.04 Å². The second-order valence-corrected chi connectivity index (χ2v) is 12.2. The van der Waals surface area contributed by atoms with Gasteiger partial charge in [-0.1, -0.05) is 53.4 Å². The van der Waals surface area contributed by atoms with Crippen molar-refractivity contribution in [1.29, 1.82) is 0 Å². The Morgan fingerprint density at radius 1 is 0.639 bits per heavy atom. The summed E-state index contributed by atoms with van der Waals surface area (Å²) in [5.41, 5.74) is 0.143. The molecule has 36 heavy (non-hydrogen) atoms. The van der Waals surface area contributed by atoms with Crippen molar-refractivity contribution < 1.29 is 0 Å². The lowest BCUT2D eigenvalue weighted by atomic mass is 9.79. The molecule has 0 saturated carbocycles. The van der Waals surface area contributed by atoms with E-state index >= 15 is 0 Å². The first-order valence-corrected chi connectivity index (χ1v) is 14.8. The van der Waals surface area contributed by atoms with Gasteiger partial charge in [-0.05, 0) is 66.2 Å². The number of hydrogen-bond acceptors (Lipinski definition) is 7. The number of piperidine rings is 1. The summed E-state index contributed by atoms with van der Waals surface area (Å²) in [6.07, 6.45) is 11.4. The van der Waals surface area contributed by atoms with E-state index < -0.39 is 0 Å². The third-order valence-electron chi connectivity index (χ3n) is 7.32. The smallest absolute Gasteiger partial charge is 0.231 e. The average Bonchev–Trinajstić information content (AvgIpc) is 2.81. The summed E-state index contributed by atoms with van der Waals surface area (Å²) in [4.78, 5) is 22.5. The molecular weight excluding hydrogens is 446 g/mol. The van der Waals surface area contributed by atoms with Gasteiger partial charge >= 0.3 is 0 Å². The summed E-state index contributed by atoms with van der Waals surface area (Å²) in [6.45, 7) is 22.3. The van der Waals surface area contributed by atoms with Crippen LogP contribution in [0.25, 0.3) is 0 Å². The molecule has 0 aromatic carbocycles. The lowest BCUT2D eigenvalue weighted by molar-refractivity contribution is 0.160. The number of nitrogens with one attached hydrogen (secondary N) is 1. The van der Waals surface area contributed by atoms with Gasteiger partial charge < -0.3 is 20.0 Å². The van der Waals surface area contributed by atoms with Crippen LogP contribution in [0.2, 0.25) is 0 Å². The first kappa shape index (κ1) is 30.6. The van der Waals surface area contributed by atoms with E-state index in [4.69, 9.17) is 15.0 Å². The summed E-state index contributed by atoms with van der Waals surface area (Å²) in [6, 6.07) is 0.374. The van der Waals surface area contributed by atoms with Crippen LogP contribution in [0, 0.1) is 0 Å². The number of rotatable bonds is 16. The van der Waals surface area contributed by atoms with Crippen molar-refractivity contribution in [2.45, 2.75) is 137 Å². The van der Waals surface area contributed by atoms with Crippen LogP contribution in [-0.2, 0) is 0 Å². The van der Waals surface area contributed by atoms with Gasteiger partial charge in [-0.2, -0.15) is 15.0 Å². The van der Waals surface area contributed by atoms with Gasteiger partial charge in [-0.25, -0.2) is 0 Å². The topological polar surface area (TPSA) is 60.4 Å². The molecule has 0 spiro atoms. The number of anilines is 3. The third-order valence-corrected chi connectivity index (χ3v) is 7.32. The SMILES string of the molecule is CCCCN(CCCC)c1nc(N(CCCC)CCCC)nc(N(C)C2CC(C)(C)NC(C)(C)C2)n1. The van der Waals surface area contributed by atoms with Gasteiger partial charge in [0.15, 0.2) is 0 Å². The maximum absolute atomic E-state index is 5.14. The maximum Gasteiger partial charge on any atom is 0.231 e. The highest BCUT2D eigenvalue weighted by Crippen LogP contribution is 2.33. The van der Waals surface area contributed by atoms with Crippen LogP contribution in [0.1, 0.15) is 120 Å². The van der Waals surface area contributed by atoms with E-state index in [1.165, 1.54) is 25.7 Å². The van der Waals surface area contributed by atoms with Crippen molar-refractivity contribution >= 4 is 17.8 Å². The monoisotopic (exact) mass is 503 g/mol. The molecule has 1 fully saturated rings. The standard InChI is InChI=1S/C29H57N7/c1-10-14-18-35(19-15-11-2)26-30-25(31-27(32-26)36(20-16-12-3)21-17-13-4)34(9)24-22-28(5,6)33-29(7,8)23-24/h24,33H,10-23H2,1-9H3. The molecule has 2 rings (SSSR count). The van der Waals surface area contributed by atoms with Crippen LogP contribution in [-0.4, -0.2) is 65.3 Å². The molecule has 1 aromatic heterocycles. The molecule has 0 radical (unpaired) electrons. The molecule has 7 heteroatoms. The summed E-state index contributed by atoms with van der Waals surface area (Å²) >= 11 is 0. The van der Waals surface area contributed by atoms with Crippen LogP contribution >= 0.6 is 0 Å². The summed E-state index contributed by atoms with van der Waals surface area (Å²) in [5.74, 6) is 2.54. The second kappa shape index (κ2) is 14.3. The van der Waals surface area contributed by atoms with E-state index in [0.717, 1.165) is 82.5 Å². The molecule has 1 N–H and O–H groups in total. The largest absolute Gasteiger partial charge is 0.341 e. The molecule has 0 atom stereocenters. The highest BCUT2D eigenvalue weighted by molar-refractivity contribution is 5.47. The minimum absolute atomic E-state index is 0.0714. The van der Waals surface area contributed by atoms with Crippen molar-refractivity contribution in [2.75, 3.05) is 47.9 Å². The summed E-state index contributed by atoms with van der Waals surface area (Å²) in [5, 5.41) is 3.82. The Morgan fingerprint density at radius 2 is 0.972 bits per heavy atom. The zero-order chi connectivity index (χ0) is 26.8. The fraction of sp³-hybridized carbons (Fsp3) is 0.897. The summed E-state index contributed by atoms with van der Waals surface area (Å²) < 4.78 is 0. The number of aromatic nitrogens is 3. The Kier molecular flexibility index (Phi) is 12.2. The molecule has 1 aliphatic heterocycles. The van der Waals surface area contributed by atoms with Gasteiger partial charge in [-0.3, -0.25) is 0 Å². The Bertz CT molecular complexity index is 694. The number of nitrogens with zero attached hydrogens (tertiary/aromatic N) is 6. The second-order valence-electron chi connectivity index (χ2n) is 12.2. The zero-order valence-electron chi connectivity index (χ0n) is 25.2. The van der Waals surface area contributed by atoms with Gasteiger partial charge in [0, 0.05) is 50.3 Å². The molecule has 0 bridgehead atoms. The Hall–Kier alpha value is -1.63. The summed E-state index contributed by atoms with van der Waals surface area (Å²) in [7, 11) is 2.19. The van der Waals surface area contributed by atoms with E-state index in [1.807, 2.05) is 0 Å². The van der Waals surface area contributed by atoms with Crippen LogP contribution in [0.4, 0.5) is 17.8 Å². The zero-order valence-corrected chi connectivity index (χ0v) is 25.2. The molecule has 208 valence electrons. The number of unbranched alkanes of at least 4 members (excludes halogenated alkanes) is 4. The van der Waals surface area contributed by atoms with E-state index in [1.54, 1.807) is 0 Å². The van der Waals surface area contributed by atoms with Crippen LogP contribution < -0.4 is 20.0 Å². The fourth-order valence-corrected chi connectivity index (χ4v) is 5.51. The molecule has 7 nitrogen and oxygen atoms in total. The molecule has 0 aliphatic carbocycles. The predicted molar refractivity (Wildman–Crippen MR) is 157 cm³/mol. The first-order chi connectivity index (χ1) is 17.1. The van der Waals surface area contributed by atoms with Crippen molar-refractivity contribution in [1.82, 2.24) is 20.3 Å². The molecule has 0 unspecified atom stereocenters.